The number of allylic oxidation sites excluding steroid dienone is 4. The number of amides is 1. The molecule has 4 rings (SSSR count). The van der Waals surface area contributed by atoms with Crippen molar-refractivity contribution in [2.75, 3.05) is 7.11 Å². The van der Waals surface area contributed by atoms with Gasteiger partial charge in [0.25, 0.3) is 5.60 Å². The van der Waals surface area contributed by atoms with Gasteiger partial charge in [0.15, 0.2) is 11.9 Å². The first-order valence-corrected chi connectivity index (χ1v) is 15.2. The maximum Gasteiger partial charge on any atom is 0.432 e. The molecule has 0 unspecified atom stereocenters. The van der Waals surface area contributed by atoms with E-state index in [1.165, 1.54) is 18.2 Å². The predicted molar refractivity (Wildman–Crippen MR) is 157 cm³/mol. The number of Topliss-reactive ketones (excluding diaryl/α,β-unsaturated/α-hetero) is 2. The molecule has 0 aromatic heterocycles. The molecule has 1 N–H and O–H groups in total. The van der Waals surface area contributed by atoms with E-state index in [4.69, 9.17) is 9.47 Å². The number of alkyl halides is 3. The summed E-state index contributed by atoms with van der Waals surface area (Å²) in [6.45, 7) is 9.91. The van der Waals surface area contributed by atoms with Gasteiger partial charge in [0.1, 0.15) is 11.2 Å². The van der Waals surface area contributed by atoms with Crippen LogP contribution in [0.4, 0.5) is 13.2 Å². The molecule has 0 radical (unpaired) electrons. The molecule has 44 heavy (non-hydrogen) atoms. The number of rotatable bonds is 6. The summed E-state index contributed by atoms with van der Waals surface area (Å²) in [5, 5.41) is 3.11. The highest BCUT2D eigenvalue weighted by molar-refractivity contribution is 6.09. The van der Waals surface area contributed by atoms with Gasteiger partial charge in [-0.1, -0.05) is 74.4 Å². The van der Waals surface area contributed by atoms with Crippen molar-refractivity contribution in [2.24, 2.45) is 29.1 Å². The molecule has 1 heterocycles. The van der Waals surface area contributed by atoms with Crippen molar-refractivity contribution >= 4 is 23.4 Å². The first kappa shape index (κ1) is 33.6. The van der Waals surface area contributed by atoms with Gasteiger partial charge >= 0.3 is 12.1 Å². The molecule has 7 nitrogen and oxygen atoms in total. The Bertz CT molecular complexity index is 1350. The van der Waals surface area contributed by atoms with E-state index in [0.717, 1.165) is 30.4 Å². The Morgan fingerprint density at radius 3 is 2.30 bits per heavy atom. The van der Waals surface area contributed by atoms with Gasteiger partial charge in [0.05, 0.1) is 0 Å². The van der Waals surface area contributed by atoms with E-state index in [1.54, 1.807) is 6.92 Å². The zero-order valence-corrected chi connectivity index (χ0v) is 26.1. The van der Waals surface area contributed by atoms with E-state index in [2.05, 4.69) is 19.2 Å². The van der Waals surface area contributed by atoms with Crippen LogP contribution < -0.4 is 5.32 Å². The summed E-state index contributed by atoms with van der Waals surface area (Å²) < 4.78 is 53.8. The Morgan fingerprint density at radius 2 is 1.70 bits per heavy atom. The zero-order valence-electron chi connectivity index (χ0n) is 26.1. The predicted octanol–water partition coefficient (Wildman–Crippen LogP) is 6.02. The van der Waals surface area contributed by atoms with Crippen LogP contribution in [0, 0.1) is 29.1 Å². The maximum absolute atomic E-state index is 14.5. The van der Waals surface area contributed by atoms with E-state index in [9.17, 15) is 32.3 Å². The van der Waals surface area contributed by atoms with Gasteiger partial charge in [0, 0.05) is 43.4 Å². The van der Waals surface area contributed by atoms with E-state index < -0.39 is 52.3 Å². The Balaban J connectivity index is 1.74. The molecule has 1 aromatic carbocycles. The average Bonchev–Trinajstić information content (AvgIpc) is 3.23. The minimum Gasteiger partial charge on any atom is -0.452 e. The summed E-state index contributed by atoms with van der Waals surface area (Å²) in [5.74, 6) is -3.93. The van der Waals surface area contributed by atoms with Crippen molar-refractivity contribution in [1.82, 2.24) is 5.32 Å². The minimum atomic E-state index is -5.22. The molecule has 7 atom stereocenters. The van der Waals surface area contributed by atoms with E-state index in [1.807, 2.05) is 26.0 Å². The lowest BCUT2D eigenvalue weighted by molar-refractivity contribution is -0.278. The second kappa shape index (κ2) is 12.6. The molecule has 1 fully saturated rings. The minimum absolute atomic E-state index is 0.0908. The number of esters is 1. The zero-order chi connectivity index (χ0) is 32.6. The topological polar surface area (TPSA) is 98.8 Å². The second-order valence-electron chi connectivity index (χ2n) is 12.9. The fraction of sp³-hybridized carbons (Fsp3) is 0.588. The van der Waals surface area contributed by atoms with Crippen LogP contribution in [0.2, 0.25) is 0 Å². The van der Waals surface area contributed by atoms with Gasteiger partial charge in [0.2, 0.25) is 5.91 Å². The van der Waals surface area contributed by atoms with Gasteiger partial charge in [-0.25, -0.2) is 4.79 Å². The maximum atomic E-state index is 14.5. The summed E-state index contributed by atoms with van der Waals surface area (Å²) in [6.07, 6.45) is -2.91. The number of carbonyl (C=O) groups excluding carboxylic acids is 4. The molecule has 1 aliphatic heterocycles. The van der Waals surface area contributed by atoms with Crippen LogP contribution in [0.15, 0.2) is 53.6 Å². The highest BCUT2D eigenvalue weighted by Crippen LogP contribution is 2.55. The first-order valence-electron chi connectivity index (χ1n) is 15.2. The van der Waals surface area contributed by atoms with E-state index in [-0.39, 0.29) is 55.4 Å². The third-order valence-corrected chi connectivity index (χ3v) is 9.71. The van der Waals surface area contributed by atoms with Crippen molar-refractivity contribution < 1.29 is 41.8 Å². The third-order valence-electron chi connectivity index (χ3n) is 9.71. The highest BCUT2D eigenvalue weighted by Gasteiger charge is 2.66. The second-order valence-corrected chi connectivity index (χ2v) is 12.9. The van der Waals surface area contributed by atoms with Crippen molar-refractivity contribution in [3.8, 4) is 0 Å². The normalized spacial score (nSPS) is 32.3. The quantitative estimate of drug-likeness (QED) is 0.238. The molecule has 3 aliphatic rings. The van der Waals surface area contributed by atoms with Gasteiger partial charge in [-0.3, -0.25) is 14.4 Å². The van der Waals surface area contributed by atoms with Crippen LogP contribution >= 0.6 is 0 Å². The highest BCUT2D eigenvalue weighted by atomic mass is 19.4. The molecule has 240 valence electrons. The van der Waals surface area contributed by atoms with Crippen LogP contribution in [-0.2, 0) is 34.3 Å². The molecule has 2 aliphatic carbocycles. The molecular weight excluding hydrogens is 575 g/mol. The van der Waals surface area contributed by atoms with Gasteiger partial charge in [-0.2, -0.15) is 13.2 Å². The molecule has 1 saturated heterocycles. The van der Waals surface area contributed by atoms with Crippen molar-refractivity contribution in [3.63, 3.8) is 0 Å². The SMILES string of the molecule is CO[C@](C(=O)O[C@H]1CCC(=O)[C@@]23C(=O)N[C@@H](CC(C)C)[C@@H]2[C@H](C)C(C)=C[C@@H]3/C=C(\C)CCC1=O)(c1ccccc1)C(F)(F)F. The summed E-state index contributed by atoms with van der Waals surface area (Å²) in [7, 11) is 0.754. The number of ketones is 2. The van der Waals surface area contributed by atoms with Crippen LogP contribution in [0.5, 0.6) is 0 Å². The third kappa shape index (κ3) is 5.66. The summed E-state index contributed by atoms with van der Waals surface area (Å²) in [6, 6.07) is 6.11. The lowest BCUT2D eigenvalue weighted by Crippen LogP contribution is -2.53. The van der Waals surface area contributed by atoms with Crippen molar-refractivity contribution in [2.45, 2.75) is 90.6 Å². The fourth-order valence-electron chi connectivity index (χ4n) is 7.43. The van der Waals surface area contributed by atoms with Crippen LogP contribution in [0.1, 0.15) is 72.3 Å². The number of nitrogens with one attached hydrogen (secondary N) is 1. The van der Waals surface area contributed by atoms with Gasteiger partial charge in [-0.05, 0) is 44.9 Å². The number of hydrogen-bond donors (Lipinski definition) is 1. The number of benzene rings is 1. The summed E-state index contributed by atoms with van der Waals surface area (Å²) in [4.78, 5) is 55.1. The summed E-state index contributed by atoms with van der Waals surface area (Å²) in [5.41, 5.74) is -3.61. The van der Waals surface area contributed by atoms with E-state index in [0.29, 0.717) is 6.42 Å². The number of carbonyl (C=O) groups is 4. The van der Waals surface area contributed by atoms with Crippen molar-refractivity contribution in [1.29, 1.82) is 0 Å². The van der Waals surface area contributed by atoms with E-state index >= 15 is 0 Å². The largest absolute Gasteiger partial charge is 0.452 e. The van der Waals surface area contributed by atoms with Gasteiger partial charge < -0.3 is 14.8 Å². The van der Waals surface area contributed by atoms with Gasteiger partial charge in [-0.15, -0.1) is 0 Å². The molecular formula is C34H42F3NO6. The number of halogens is 3. The lowest BCUT2D eigenvalue weighted by Gasteiger charge is -2.45. The fourth-order valence-corrected chi connectivity index (χ4v) is 7.43. The summed E-state index contributed by atoms with van der Waals surface area (Å²) >= 11 is 0. The molecule has 10 heteroatoms. The lowest BCUT2D eigenvalue weighted by atomic mass is 9.54. The molecule has 0 saturated carbocycles. The van der Waals surface area contributed by atoms with Crippen molar-refractivity contribution in [3.05, 3.63) is 59.2 Å². The van der Waals surface area contributed by atoms with Crippen LogP contribution in [0.3, 0.4) is 0 Å². The molecule has 0 bridgehead atoms. The smallest absolute Gasteiger partial charge is 0.432 e. The van der Waals surface area contributed by atoms with Crippen LogP contribution in [-0.4, -0.2) is 48.9 Å². The van der Waals surface area contributed by atoms with Crippen LogP contribution in [0.25, 0.3) is 0 Å². The standard InChI is InChI=1S/C34H42F3NO6/c1-19(2)16-25-29-22(5)21(4)18-24-17-20(3)12-13-26(39)27(14-15-28(40)32(24,29)30(41)38-25)44-31(42)33(43-6,34(35,36)37)23-10-8-7-9-11-23/h7-11,17-19,22,24-25,27,29H,12-16H2,1-6H3,(H,38,41)/b20-17+/t22-,24+,25+,27+,29+,32-,33+/m1/s1. The number of hydrogen-bond acceptors (Lipinski definition) is 6. The Labute approximate surface area is 256 Å². The molecule has 1 aromatic rings. The average molecular weight is 618 g/mol. The Hall–Kier alpha value is -3.27. The number of ether oxygens (including phenoxy) is 2. The monoisotopic (exact) mass is 617 g/mol. The first-order chi connectivity index (χ1) is 20.6. The molecule has 1 amide bonds. The number of methoxy groups -OCH3 is 1. The molecule has 1 spiro atoms. The Morgan fingerprint density at radius 1 is 1.05 bits per heavy atom. The Kier molecular flexibility index (Phi) is 9.64.